The summed E-state index contributed by atoms with van der Waals surface area (Å²) in [5, 5.41) is 14.1. The number of hydrogen-bond donors (Lipinski definition) is 1. The molecule has 2 aromatic heterocycles. The molecule has 3 heterocycles. The zero-order valence-electron chi connectivity index (χ0n) is 15.3. The Balaban J connectivity index is 1.66. The van der Waals surface area contributed by atoms with Gasteiger partial charge in [-0.05, 0) is 29.8 Å². The number of hydrogen-bond acceptors (Lipinski definition) is 6. The maximum atomic E-state index is 13.4. The summed E-state index contributed by atoms with van der Waals surface area (Å²) in [6.45, 7) is 0. The smallest absolute Gasteiger partial charge is 0.296 e. The summed E-state index contributed by atoms with van der Waals surface area (Å²) in [6, 6.07) is 14.7. The standard InChI is InChI=1S/C22H13ClN2O4S/c23-14-7-5-12(6-8-14)18-17(20(27)21(28)25(18)22-24-9-10-30-22)19(26)16-11-13-3-1-2-4-15(13)29-16/h1-11,18,27H/t18-/m0/s1. The topological polar surface area (TPSA) is 83.6 Å². The summed E-state index contributed by atoms with van der Waals surface area (Å²) in [7, 11) is 0. The van der Waals surface area contributed by atoms with E-state index in [1.807, 2.05) is 12.1 Å². The van der Waals surface area contributed by atoms with Crippen molar-refractivity contribution in [3.63, 3.8) is 0 Å². The van der Waals surface area contributed by atoms with Gasteiger partial charge in [0.05, 0.1) is 11.6 Å². The molecule has 0 spiro atoms. The van der Waals surface area contributed by atoms with Gasteiger partial charge in [0.1, 0.15) is 5.58 Å². The molecule has 0 aliphatic carbocycles. The molecule has 1 amide bonds. The van der Waals surface area contributed by atoms with E-state index >= 15 is 0 Å². The Labute approximate surface area is 179 Å². The van der Waals surface area contributed by atoms with E-state index in [0.717, 1.165) is 5.39 Å². The molecule has 5 rings (SSSR count). The monoisotopic (exact) mass is 436 g/mol. The third kappa shape index (κ3) is 2.91. The second kappa shape index (κ2) is 7.12. The minimum Gasteiger partial charge on any atom is -0.503 e. The molecule has 6 nitrogen and oxygen atoms in total. The quantitative estimate of drug-likeness (QED) is 0.437. The minimum atomic E-state index is -0.860. The molecule has 2 aromatic carbocycles. The molecule has 0 fully saturated rings. The van der Waals surface area contributed by atoms with Gasteiger partial charge in [0.2, 0.25) is 5.78 Å². The SMILES string of the molecule is O=C(C1=C(O)C(=O)N(c2nccs2)[C@H]1c1ccc(Cl)cc1)c1cc2ccccc2o1. The van der Waals surface area contributed by atoms with E-state index in [1.165, 1.54) is 16.2 Å². The number of rotatable bonds is 4. The van der Waals surface area contributed by atoms with Crippen LogP contribution in [0.15, 0.2) is 81.9 Å². The second-order valence-electron chi connectivity index (χ2n) is 6.68. The number of ketones is 1. The number of para-hydroxylation sites is 1. The lowest BCUT2D eigenvalue weighted by Crippen LogP contribution is -2.30. The van der Waals surface area contributed by atoms with Crippen molar-refractivity contribution in [2.45, 2.75) is 6.04 Å². The van der Waals surface area contributed by atoms with Crippen LogP contribution in [0.1, 0.15) is 22.2 Å². The number of halogens is 1. The maximum absolute atomic E-state index is 13.4. The predicted molar refractivity (Wildman–Crippen MR) is 114 cm³/mol. The van der Waals surface area contributed by atoms with E-state index in [2.05, 4.69) is 4.98 Å². The highest BCUT2D eigenvalue weighted by Gasteiger charge is 2.46. The van der Waals surface area contributed by atoms with Crippen molar-refractivity contribution in [1.29, 1.82) is 0 Å². The Morgan fingerprint density at radius 2 is 1.93 bits per heavy atom. The third-order valence-electron chi connectivity index (χ3n) is 4.91. The molecule has 0 saturated heterocycles. The minimum absolute atomic E-state index is 0.0468. The van der Waals surface area contributed by atoms with Crippen molar-refractivity contribution in [3.05, 3.63) is 93.9 Å². The number of aliphatic hydroxyl groups is 1. The second-order valence-corrected chi connectivity index (χ2v) is 7.99. The molecular formula is C22H13ClN2O4S. The first-order chi connectivity index (χ1) is 14.5. The summed E-state index contributed by atoms with van der Waals surface area (Å²) in [5.41, 5.74) is 1.10. The van der Waals surface area contributed by atoms with Gasteiger partial charge in [-0.3, -0.25) is 14.5 Å². The number of amides is 1. The van der Waals surface area contributed by atoms with Gasteiger partial charge in [-0.1, -0.05) is 41.9 Å². The van der Waals surface area contributed by atoms with E-state index in [1.54, 1.807) is 54.0 Å². The van der Waals surface area contributed by atoms with Crippen LogP contribution in [0.4, 0.5) is 5.13 Å². The Bertz CT molecular complexity index is 1280. The van der Waals surface area contributed by atoms with Gasteiger partial charge in [-0.2, -0.15) is 0 Å². The first-order valence-electron chi connectivity index (χ1n) is 8.99. The molecule has 8 heteroatoms. The Morgan fingerprint density at radius 1 is 1.17 bits per heavy atom. The Kier molecular flexibility index (Phi) is 4.42. The number of aliphatic hydroxyl groups excluding tert-OH is 1. The number of fused-ring (bicyclic) bond motifs is 1. The first-order valence-corrected chi connectivity index (χ1v) is 10.3. The largest absolute Gasteiger partial charge is 0.503 e. The van der Waals surface area contributed by atoms with Crippen molar-refractivity contribution in [2.24, 2.45) is 0 Å². The third-order valence-corrected chi connectivity index (χ3v) is 5.94. The van der Waals surface area contributed by atoms with Crippen LogP contribution in [0, 0.1) is 0 Å². The fraction of sp³-hybridized carbons (Fsp3) is 0.0455. The predicted octanol–water partition coefficient (Wildman–Crippen LogP) is 5.33. The molecule has 1 atom stereocenters. The molecule has 1 aliphatic rings. The highest BCUT2D eigenvalue weighted by Crippen LogP contribution is 2.43. The average molecular weight is 437 g/mol. The van der Waals surface area contributed by atoms with Gasteiger partial charge in [-0.25, -0.2) is 4.98 Å². The van der Waals surface area contributed by atoms with Crippen LogP contribution in [-0.2, 0) is 4.79 Å². The molecule has 0 unspecified atom stereocenters. The Hall–Kier alpha value is -3.42. The van der Waals surface area contributed by atoms with E-state index in [9.17, 15) is 14.7 Å². The number of furan rings is 1. The van der Waals surface area contributed by atoms with Crippen molar-refractivity contribution in [2.75, 3.05) is 4.90 Å². The molecule has 0 saturated carbocycles. The lowest BCUT2D eigenvalue weighted by atomic mass is 9.95. The molecule has 4 aromatic rings. The van der Waals surface area contributed by atoms with Crippen LogP contribution >= 0.6 is 22.9 Å². The van der Waals surface area contributed by atoms with Crippen molar-refractivity contribution in [3.8, 4) is 0 Å². The molecular weight excluding hydrogens is 424 g/mol. The molecule has 0 bridgehead atoms. The van der Waals surface area contributed by atoms with Gasteiger partial charge in [0.25, 0.3) is 5.91 Å². The fourth-order valence-electron chi connectivity index (χ4n) is 3.56. The summed E-state index contributed by atoms with van der Waals surface area (Å²) < 4.78 is 5.70. The van der Waals surface area contributed by atoms with Gasteiger partial charge in [-0.15, -0.1) is 11.3 Å². The number of nitrogens with zero attached hydrogens (tertiary/aromatic N) is 2. The van der Waals surface area contributed by atoms with Crippen LogP contribution in [-0.4, -0.2) is 21.8 Å². The van der Waals surface area contributed by atoms with E-state index in [0.29, 0.717) is 21.3 Å². The number of aromatic nitrogens is 1. The number of carbonyl (C=O) groups excluding carboxylic acids is 2. The molecule has 0 radical (unpaired) electrons. The van der Waals surface area contributed by atoms with Gasteiger partial charge < -0.3 is 9.52 Å². The van der Waals surface area contributed by atoms with Crippen LogP contribution < -0.4 is 4.90 Å². The number of benzene rings is 2. The van der Waals surface area contributed by atoms with Crippen LogP contribution in [0.2, 0.25) is 5.02 Å². The number of Topliss-reactive ketones (excluding diaryl/α,β-unsaturated/α-hetero) is 1. The fourth-order valence-corrected chi connectivity index (χ4v) is 4.35. The van der Waals surface area contributed by atoms with Crippen molar-refractivity contribution in [1.82, 2.24) is 4.98 Å². The lowest BCUT2D eigenvalue weighted by molar-refractivity contribution is -0.117. The van der Waals surface area contributed by atoms with E-state index < -0.39 is 23.5 Å². The summed E-state index contributed by atoms with van der Waals surface area (Å²) >= 11 is 7.25. The van der Waals surface area contributed by atoms with Gasteiger partial charge in [0, 0.05) is 22.0 Å². The molecule has 1 aliphatic heterocycles. The number of anilines is 1. The number of thiazole rings is 1. The molecule has 148 valence electrons. The highest BCUT2D eigenvalue weighted by molar-refractivity contribution is 7.13. The van der Waals surface area contributed by atoms with Gasteiger partial charge >= 0.3 is 0 Å². The van der Waals surface area contributed by atoms with Crippen LogP contribution in [0.3, 0.4) is 0 Å². The van der Waals surface area contributed by atoms with E-state index in [-0.39, 0.29) is 11.3 Å². The summed E-state index contributed by atoms with van der Waals surface area (Å²) in [4.78, 5) is 31.9. The number of carbonyl (C=O) groups is 2. The Morgan fingerprint density at radius 3 is 2.63 bits per heavy atom. The first kappa shape index (κ1) is 18.6. The summed E-state index contributed by atoms with van der Waals surface area (Å²) in [5.74, 6) is -1.82. The molecule has 1 N–H and O–H groups in total. The van der Waals surface area contributed by atoms with Crippen molar-refractivity contribution >= 4 is 50.7 Å². The van der Waals surface area contributed by atoms with Crippen LogP contribution in [0.5, 0.6) is 0 Å². The normalized spacial score (nSPS) is 16.6. The van der Waals surface area contributed by atoms with Gasteiger partial charge in [0.15, 0.2) is 16.7 Å². The van der Waals surface area contributed by atoms with Crippen LogP contribution in [0.25, 0.3) is 11.0 Å². The van der Waals surface area contributed by atoms with Crippen molar-refractivity contribution < 1.29 is 19.1 Å². The lowest BCUT2D eigenvalue weighted by Gasteiger charge is -2.24. The maximum Gasteiger partial charge on any atom is 0.296 e. The average Bonchev–Trinajstić information content (AvgIpc) is 3.47. The molecule has 30 heavy (non-hydrogen) atoms. The summed E-state index contributed by atoms with van der Waals surface area (Å²) in [6.07, 6.45) is 1.56. The highest BCUT2D eigenvalue weighted by atomic mass is 35.5. The van der Waals surface area contributed by atoms with E-state index in [4.69, 9.17) is 16.0 Å². The zero-order valence-corrected chi connectivity index (χ0v) is 16.9. The zero-order chi connectivity index (χ0) is 20.8.